The van der Waals surface area contributed by atoms with Gasteiger partial charge in [-0.3, -0.25) is 0 Å². The van der Waals surface area contributed by atoms with Crippen LogP contribution >= 0.6 is 0 Å². The first-order valence-corrected chi connectivity index (χ1v) is 5.96. The van der Waals surface area contributed by atoms with Crippen molar-refractivity contribution in [2.45, 2.75) is 26.4 Å². The van der Waals surface area contributed by atoms with Crippen molar-refractivity contribution in [3.63, 3.8) is 0 Å². The molecule has 5 heteroatoms. The summed E-state index contributed by atoms with van der Waals surface area (Å²) in [6, 6.07) is 10.0. The third kappa shape index (κ3) is 4.83. The number of ether oxygens (including phenoxy) is 1. The first kappa shape index (κ1) is 15.3. The van der Waals surface area contributed by atoms with Crippen LogP contribution in [0.15, 0.2) is 36.0 Å². The highest BCUT2D eigenvalue weighted by molar-refractivity contribution is 5.90. The van der Waals surface area contributed by atoms with Crippen LogP contribution in [0.2, 0.25) is 0 Å². The summed E-state index contributed by atoms with van der Waals surface area (Å²) in [5, 5.41) is 20.0. The monoisotopic (exact) mass is 269 g/mol. The first-order chi connectivity index (χ1) is 9.35. The van der Waals surface area contributed by atoms with E-state index in [9.17, 15) is 4.79 Å². The zero-order valence-electron chi connectivity index (χ0n) is 11.6. The summed E-state index contributed by atoms with van der Waals surface area (Å²) in [6.07, 6.45) is 1.31. The minimum absolute atomic E-state index is 0.0266. The molecule has 0 aliphatic heterocycles. The van der Waals surface area contributed by atoms with Crippen LogP contribution in [0.25, 0.3) is 0 Å². The van der Waals surface area contributed by atoms with Gasteiger partial charge in [-0.25, -0.2) is 4.79 Å². The van der Waals surface area contributed by atoms with Crippen molar-refractivity contribution in [1.29, 1.82) is 10.5 Å². The van der Waals surface area contributed by atoms with Crippen LogP contribution in [0.1, 0.15) is 31.1 Å². The van der Waals surface area contributed by atoms with Crippen molar-refractivity contribution in [3.05, 3.63) is 41.6 Å². The van der Waals surface area contributed by atoms with Gasteiger partial charge in [-0.1, -0.05) is 0 Å². The fourth-order valence-corrected chi connectivity index (χ4v) is 1.28. The smallest absolute Gasteiger partial charge is 0.338 e. The van der Waals surface area contributed by atoms with Gasteiger partial charge in [0.2, 0.25) is 0 Å². The Hall–Kier alpha value is -2.79. The molecule has 1 aromatic carbocycles. The number of rotatable bonds is 3. The Morgan fingerprint density at radius 1 is 1.20 bits per heavy atom. The van der Waals surface area contributed by atoms with Crippen LogP contribution in [0.3, 0.4) is 0 Å². The molecule has 0 radical (unpaired) electrons. The van der Waals surface area contributed by atoms with E-state index in [-0.39, 0.29) is 5.57 Å². The number of hydrogen-bond acceptors (Lipinski definition) is 5. The second-order valence-electron chi connectivity index (χ2n) is 5.01. The lowest BCUT2D eigenvalue weighted by Crippen LogP contribution is -2.23. The molecule has 0 unspecified atom stereocenters. The molecule has 0 saturated heterocycles. The van der Waals surface area contributed by atoms with Gasteiger partial charge in [-0.05, 0) is 45.0 Å². The largest absolute Gasteiger partial charge is 0.456 e. The zero-order valence-corrected chi connectivity index (χ0v) is 11.6. The van der Waals surface area contributed by atoms with Crippen LogP contribution < -0.4 is 5.32 Å². The number of esters is 1. The van der Waals surface area contributed by atoms with Crippen LogP contribution in [0.4, 0.5) is 5.69 Å². The molecule has 0 bridgehead atoms. The molecule has 0 saturated carbocycles. The number of benzene rings is 1. The van der Waals surface area contributed by atoms with Crippen LogP contribution in [-0.4, -0.2) is 11.6 Å². The maximum Gasteiger partial charge on any atom is 0.338 e. The summed E-state index contributed by atoms with van der Waals surface area (Å²) in [6.45, 7) is 5.41. The van der Waals surface area contributed by atoms with E-state index in [0.717, 1.165) is 0 Å². The third-order valence-electron chi connectivity index (χ3n) is 2.14. The maximum atomic E-state index is 11.8. The van der Waals surface area contributed by atoms with Crippen molar-refractivity contribution >= 4 is 11.7 Å². The molecule has 0 heterocycles. The summed E-state index contributed by atoms with van der Waals surface area (Å²) < 4.78 is 5.24. The van der Waals surface area contributed by atoms with Crippen molar-refractivity contribution in [2.75, 3.05) is 5.32 Å². The number of carbonyl (C=O) groups excluding carboxylic acids is 1. The minimum atomic E-state index is -0.536. The minimum Gasteiger partial charge on any atom is -0.456 e. The number of anilines is 1. The van der Waals surface area contributed by atoms with Gasteiger partial charge in [0.05, 0.1) is 5.56 Å². The molecule has 20 heavy (non-hydrogen) atoms. The average molecular weight is 269 g/mol. The predicted molar refractivity (Wildman–Crippen MR) is 74.5 cm³/mol. The highest BCUT2D eigenvalue weighted by Gasteiger charge is 2.17. The molecule has 0 aliphatic rings. The van der Waals surface area contributed by atoms with Crippen molar-refractivity contribution in [1.82, 2.24) is 0 Å². The Morgan fingerprint density at radius 2 is 1.75 bits per heavy atom. The molecule has 102 valence electrons. The normalized spacial score (nSPS) is 9.85. The second kappa shape index (κ2) is 6.40. The zero-order chi connectivity index (χ0) is 15.2. The molecular formula is C15H15N3O2. The van der Waals surface area contributed by atoms with E-state index < -0.39 is 11.6 Å². The Labute approximate surface area is 118 Å². The molecule has 0 aliphatic carbocycles. The molecule has 5 nitrogen and oxygen atoms in total. The molecule has 0 spiro atoms. The van der Waals surface area contributed by atoms with Gasteiger partial charge in [0.15, 0.2) is 0 Å². The molecule has 1 N–H and O–H groups in total. The molecule has 0 aromatic heterocycles. The number of nitriles is 2. The predicted octanol–water partition coefficient (Wildman–Crippen LogP) is 2.98. The van der Waals surface area contributed by atoms with Crippen LogP contribution in [0, 0.1) is 22.7 Å². The summed E-state index contributed by atoms with van der Waals surface area (Å²) in [4.78, 5) is 11.8. The fraction of sp³-hybridized carbons (Fsp3) is 0.267. The lowest BCUT2D eigenvalue weighted by molar-refractivity contribution is 0.00696. The summed E-state index contributed by atoms with van der Waals surface area (Å²) in [7, 11) is 0. The van der Waals surface area contributed by atoms with E-state index in [2.05, 4.69) is 5.32 Å². The average Bonchev–Trinajstić information content (AvgIpc) is 2.38. The van der Waals surface area contributed by atoms with E-state index in [4.69, 9.17) is 15.3 Å². The first-order valence-electron chi connectivity index (χ1n) is 5.96. The lowest BCUT2D eigenvalue weighted by atomic mass is 10.1. The quantitative estimate of drug-likeness (QED) is 0.673. The number of nitrogens with zero attached hydrogens (tertiary/aromatic N) is 2. The Bertz CT molecular complexity index is 580. The highest BCUT2D eigenvalue weighted by atomic mass is 16.6. The Morgan fingerprint density at radius 3 is 2.20 bits per heavy atom. The van der Waals surface area contributed by atoms with Crippen LogP contribution in [-0.2, 0) is 4.74 Å². The van der Waals surface area contributed by atoms with E-state index in [1.54, 1.807) is 57.2 Å². The van der Waals surface area contributed by atoms with Gasteiger partial charge in [-0.2, -0.15) is 10.5 Å². The van der Waals surface area contributed by atoms with Gasteiger partial charge in [0.1, 0.15) is 23.3 Å². The van der Waals surface area contributed by atoms with Gasteiger partial charge >= 0.3 is 5.97 Å². The Balaban J connectivity index is 2.76. The van der Waals surface area contributed by atoms with Gasteiger partial charge in [0.25, 0.3) is 0 Å². The number of carbonyl (C=O) groups is 1. The van der Waals surface area contributed by atoms with Crippen molar-refractivity contribution < 1.29 is 9.53 Å². The molecule has 1 aromatic rings. The van der Waals surface area contributed by atoms with Crippen molar-refractivity contribution in [3.8, 4) is 12.1 Å². The van der Waals surface area contributed by atoms with E-state index in [1.165, 1.54) is 6.20 Å². The molecular weight excluding hydrogens is 254 g/mol. The molecule has 0 fully saturated rings. The highest BCUT2D eigenvalue weighted by Crippen LogP contribution is 2.15. The summed E-state index contributed by atoms with van der Waals surface area (Å²) in [5.41, 5.74) is 0.544. The standard InChI is InChI=1S/C15H15N3O2/c1-15(2,3)20-14(19)12-4-6-13(7-5-12)18-10-11(8-16)9-17/h4-7,10,18H,1-3H3. The SMILES string of the molecule is CC(C)(C)OC(=O)c1ccc(NC=C(C#N)C#N)cc1. The molecule has 0 atom stereocenters. The van der Waals surface area contributed by atoms with Gasteiger partial charge in [-0.15, -0.1) is 0 Å². The van der Waals surface area contributed by atoms with E-state index >= 15 is 0 Å². The van der Waals surface area contributed by atoms with Gasteiger partial charge < -0.3 is 10.1 Å². The fourth-order valence-electron chi connectivity index (χ4n) is 1.28. The number of nitrogens with one attached hydrogen (secondary N) is 1. The topological polar surface area (TPSA) is 85.9 Å². The van der Waals surface area contributed by atoms with Gasteiger partial charge in [0, 0.05) is 11.9 Å². The second-order valence-corrected chi connectivity index (χ2v) is 5.01. The Kier molecular flexibility index (Phi) is 4.88. The van der Waals surface area contributed by atoms with E-state index in [0.29, 0.717) is 11.3 Å². The number of allylic oxidation sites excluding steroid dienone is 1. The summed E-state index contributed by atoms with van der Waals surface area (Å²) >= 11 is 0. The maximum absolute atomic E-state index is 11.8. The summed E-state index contributed by atoms with van der Waals surface area (Å²) in [5.74, 6) is -0.394. The molecule has 0 amide bonds. The van der Waals surface area contributed by atoms with E-state index in [1.807, 2.05) is 0 Å². The third-order valence-corrected chi connectivity index (χ3v) is 2.14. The van der Waals surface area contributed by atoms with Crippen molar-refractivity contribution in [2.24, 2.45) is 0 Å². The molecule has 1 rings (SSSR count). The van der Waals surface area contributed by atoms with Crippen LogP contribution in [0.5, 0.6) is 0 Å². The lowest BCUT2D eigenvalue weighted by Gasteiger charge is -2.19. The number of hydrogen-bond donors (Lipinski definition) is 1.